The van der Waals surface area contributed by atoms with E-state index in [4.69, 9.17) is 9.47 Å². The zero-order chi connectivity index (χ0) is 19.4. The summed E-state index contributed by atoms with van der Waals surface area (Å²) in [5.41, 5.74) is 1.73. The molecule has 3 rings (SSSR count). The van der Waals surface area contributed by atoms with Gasteiger partial charge >= 0.3 is 5.97 Å². The number of aromatic amines is 1. The molecule has 0 radical (unpaired) electrons. The molecule has 142 valence electrons. The van der Waals surface area contributed by atoms with Crippen molar-refractivity contribution in [2.75, 3.05) is 14.2 Å². The van der Waals surface area contributed by atoms with Crippen LogP contribution >= 0.6 is 0 Å². The van der Waals surface area contributed by atoms with Gasteiger partial charge in [0.25, 0.3) is 0 Å². The molecule has 0 fully saturated rings. The van der Waals surface area contributed by atoms with Gasteiger partial charge in [-0.1, -0.05) is 18.2 Å². The lowest BCUT2D eigenvalue weighted by Crippen LogP contribution is -2.42. The smallest absolute Gasteiger partial charge is 0.324 e. The highest BCUT2D eigenvalue weighted by Gasteiger charge is 2.27. The van der Waals surface area contributed by atoms with Crippen molar-refractivity contribution in [1.29, 1.82) is 0 Å². The number of fused-ring (bicyclic) bond motifs is 1. The largest absolute Gasteiger partial charge is 0.497 e. The molecule has 8 heteroatoms. The van der Waals surface area contributed by atoms with Crippen LogP contribution in [0.5, 0.6) is 5.75 Å². The summed E-state index contributed by atoms with van der Waals surface area (Å²) < 4.78 is 37.7. The van der Waals surface area contributed by atoms with Gasteiger partial charge in [-0.25, -0.2) is 8.42 Å². The number of aromatic nitrogens is 1. The van der Waals surface area contributed by atoms with Crippen LogP contribution in [0.25, 0.3) is 10.9 Å². The van der Waals surface area contributed by atoms with Gasteiger partial charge in [0.1, 0.15) is 11.8 Å². The van der Waals surface area contributed by atoms with Crippen molar-refractivity contribution in [1.82, 2.24) is 9.71 Å². The first-order chi connectivity index (χ1) is 12.9. The molecule has 2 N–H and O–H groups in total. The van der Waals surface area contributed by atoms with Gasteiger partial charge in [0.05, 0.1) is 19.1 Å². The maximum absolute atomic E-state index is 12.7. The first-order valence-electron chi connectivity index (χ1n) is 8.24. The van der Waals surface area contributed by atoms with Gasteiger partial charge in [-0.05, 0) is 35.9 Å². The number of sulfonamides is 1. The summed E-state index contributed by atoms with van der Waals surface area (Å²) in [5.74, 6) is -0.116. The van der Waals surface area contributed by atoms with Gasteiger partial charge in [-0.2, -0.15) is 4.72 Å². The fraction of sp³-hybridized carbons (Fsp3) is 0.211. The van der Waals surface area contributed by atoms with Crippen molar-refractivity contribution in [3.05, 3.63) is 60.3 Å². The maximum atomic E-state index is 12.7. The Morgan fingerprint density at radius 3 is 2.48 bits per heavy atom. The number of hydrogen-bond donors (Lipinski definition) is 2. The number of H-pyrrole nitrogens is 1. The average molecular weight is 388 g/mol. The van der Waals surface area contributed by atoms with Crippen molar-refractivity contribution in [3.8, 4) is 5.75 Å². The van der Waals surface area contributed by atoms with Crippen LogP contribution < -0.4 is 9.46 Å². The van der Waals surface area contributed by atoms with Crippen LogP contribution in [0.2, 0.25) is 0 Å². The van der Waals surface area contributed by atoms with Crippen LogP contribution in [-0.4, -0.2) is 39.6 Å². The molecule has 0 aliphatic rings. The molecule has 0 amide bonds. The predicted molar refractivity (Wildman–Crippen MR) is 101 cm³/mol. The maximum Gasteiger partial charge on any atom is 0.324 e. The van der Waals surface area contributed by atoms with Gasteiger partial charge in [0.2, 0.25) is 10.0 Å². The molecule has 2 aromatic carbocycles. The van der Waals surface area contributed by atoms with Crippen molar-refractivity contribution >= 4 is 26.9 Å². The standard InChI is InChI=1S/C19H20N2O5S/c1-25-14-7-9-15(10-8-14)27(23,24)21-18(19(22)26-2)11-13-12-20-17-6-4-3-5-16(13)17/h3-10,12,18,20-21H,11H2,1-2H3/t18-/m0/s1. The molecule has 0 aliphatic carbocycles. The number of rotatable bonds is 7. The van der Waals surface area contributed by atoms with Crippen LogP contribution in [-0.2, 0) is 26.0 Å². The van der Waals surface area contributed by atoms with E-state index in [9.17, 15) is 13.2 Å². The molecule has 0 spiro atoms. The zero-order valence-electron chi connectivity index (χ0n) is 14.9. The second kappa shape index (κ2) is 7.81. The minimum absolute atomic E-state index is 0.0381. The second-order valence-corrected chi connectivity index (χ2v) is 7.65. The van der Waals surface area contributed by atoms with Crippen molar-refractivity contribution < 1.29 is 22.7 Å². The molecule has 0 saturated heterocycles. The summed E-state index contributed by atoms with van der Waals surface area (Å²) in [7, 11) is -1.19. The minimum atomic E-state index is -3.91. The molecule has 0 unspecified atom stereocenters. The van der Waals surface area contributed by atoms with E-state index in [1.165, 1.54) is 26.4 Å². The molecular formula is C19H20N2O5S. The number of nitrogens with one attached hydrogen (secondary N) is 2. The summed E-state index contributed by atoms with van der Waals surface area (Å²) in [6.07, 6.45) is 1.92. The molecule has 0 aliphatic heterocycles. The number of benzene rings is 2. The summed E-state index contributed by atoms with van der Waals surface area (Å²) in [6.45, 7) is 0. The van der Waals surface area contributed by atoms with E-state index >= 15 is 0 Å². The fourth-order valence-corrected chi connectivity index (χ4v) is 4.03. The third kappa shape index (κ3) is 4.12. The quantitative estimate of drug-likeness (QED) is 0.605. The predicted octanol–water partition coefficient (Wildman–Crippen LogP) is 2.24. The van der Waals surface area contributed by atoms with E-state index in [-0.39, 0.29) is 11.3 Å². The van der Waals surface area contributed by atoms with E-state index in [1.54, 1.807) is 18.3 Å². The third-order valence-corrected chi connectivity index (χ3v) is 5.74. The van der Waals surface area contributed by atoms with Crippen LogP contribution in [0.4, 0.5) is 0 Å². The Bertz CT molecular complexity index is 1040. The monoisotopic (exact) mass is 388 g/mol. The summed E-state index contributed by atoms with van der Waals surface area (Å²) in [4.78, 5) is 15.4. The topological polar surface area (TPSA) is 97.5 Å². The Morgan fingerprint density at radius 2 is 1.81 bits per heavy atom. The third-order valence-electron chi connectivity index (χ3n) is 4.25. The van der Waals surface area contributed by atoms with E-state index in [1.807, 2.05) is 24.3 Å². The zero-order valence-corrected chi connectivity index (χ0v) is 15.7. The summed E-state index contributed by atoms with van der Waals surface area (Å²) in [5, 5.41) is 0.926. The molecule has 0 saturated carbocycles. The van der Waals surface area contributed by atoms with E-state index < -0.39 is 22.0 Å². The first kappa shape index (κ1) is 18.9. The minimum Gasteiger partial charge on any atom is -0.497 e. The van der Waals surface area contributed by atoms with E-state index in [2.05, 4.69) is 9.71 Å². The van der Waals surface area contributed by atoms with Crippen molar-refractivity contribution in [3.63, 3.8) is 0 Å². The van der Waals surface area contributed by atoms with Crippen molar-refractivity contribution in [2.24, 2.45) is 0 Å². The molecule has 27 heavy (non-hydrogen) atoms. The molecule has 0 bridgehead atoms. The lowest BCUT2D eigenvalue weighted by atomic mass is 10.1. The summed E-state index contributed by atoms with van der Waals surface area (Å²) in [6, 6.07) is 12.5. The molecule has 1 aromatic heterocycles. The van der Waals surface area contributed by atoms with Gasteiger partial charge < -0.3 is 14.5 Å². The van der Waals surface area contributed by atoms with Gasteiger partial charge in [0.15, 0.2) is 0 Å². The van der Waals surface area contributed by atoms with E-state index in [0.29, 0.717) is 5.75 Å². The molecule has 7 nitrogen and oxygen atoms in total. The SMILES string of the molecule is COC(=O)[C@H](Cc1c[nH]c2ccccc12)NS(=O)(=O)c1ccc(OC)cc1. The number of methoxy groups -OCH3 is 2. The van der Waals surface area contributed by atoms with Gasteiger partial charge in [-0.15, -0.1) is 0 Å². The lowest BCUT2D eigenvalue weighted by Gasteiger charge is -2.16. The number of para-hydroxylation sites is 1. The fourth-order valence-electron chi connectivity index (χ4n) is 2.85. The molecule has 3 aromatic rings. The number of ether oxygens (including phenoxy) is 2. The highest BCUT2D eigenvalue weighted by atomic mass is 32.2. The van der Waals surface area contributed by atoms with Gasteiger partial charge in [-0.3, -0.25) is 4.79 Å². The molecule has 1 atom stereocenters. The number of esters is 1. The van der Waals surface area contributed by atoms with Crippen molar-refractivity contribution in [2.45, 2.75) is 17.4 Å². The Hall–Kier alpha value is -2.84. The van der Waals surface area contributed by atoms with E-state index in [0.717, 1.165) is 16.5 Å². The van der Waals surface area contributed by atoms with Gasteiger partial charge in [0, 0.05) is 23.5 Å². The Balaban J connectivity index is 1.87. The highest BCUT2D eigenvalue weighted by molar-refractivity contribution is 7.89. The number of carbonyl (C=O) groups excluding carboxylic acids is 1. The average Bonchev–Trinajstić information content (AvgIpc) is 3.09. The van der Waals surface area contributed by atoms with Crippen LogP contribution in [0.1, 0.15) is 5.56 Å². The first-order valence-corrected chi connectivity index (χ1v) is 9.72. The summed E-state index contributed by atoms with van der Waals surface area (Å²) >= 11 is 0. The number of hydrogen-bond acceptors (Lipinski definition) is 5. The Labute approximate surface area is 157 Å². The molecule has 1 heterocycles. The Morgan fingerprint density at radius 1 is 1.11 bits per heavy atom. The normalized spacial score (nSPS) is 12.7. The number of carbonyl (C=O) groups is 1. The lowest BCUT2D eigenvalue weighted by molar-refractivity contribution is -0.142. The Kier molecular flexibility index (Phi) is 5.48. The van der Waals surface area contributed by atoms with Crippen LogP contribution in [0, 0.1) is 0 Å². The molecular weight excluding hydrogens is 368 g/mol. The highest BCUT2D eigenvalue weighted by Crippen LogP contribution is 2.21. The second-order valence-electron chi connectivity index (χ2n) is 5.94. The van der Waals surface area contributed by atoms with Crippen LogP contribution in [0.15, 0.2) is 59.6 Å². The van der Waals surface area contributed by atoms with Crippen LogP contribution in [0.3, 0.4) is 0 Å².